The van der Waals surface area contributed by atoms with Gasteiger partial charge in [0, 0.05) is 70.6 Å². The normalized spacial score (nSPS) is 13.2. The molecule has 0 saturated carbocycles. The highest BCUT2D eigenvalue weighted by Crippen LogP contribution is 2.41. The molecule has 0 radical (unpaired) electrons. The molecule has 0 aliphatic carbocycles. The smallest absolute Gasteiger partial charge is 0.139 e. The molecule has 4 heterocycles. The number of hydrogen-bond donors (Lipinski definition) is 0. The maximum absolute atomic E-state index is 6.93. The number of benzene rings is 7. The van der Waals surface area contributed by atoms with Crippen molar-refractivity contribution in [3.8, 4) is 34.1 Å². The van der Waals surface area contributed by atoms with Crippen LogP contribution in [0.2, 0.25) is 0 Å². The lowest BCUT2D eigenvalue weighted by atomic mass is 9.86. The minimum atomic E-state index is -0.0922. The first-order chi connectivity index (χ1) is 29.8. The fourth-order valence-corrected chi connectivity index (χ4v) is 8.98. The van der Waals surface area contributed by atoms with Gasteiger partial charge in [-0.15, -0.1) is 0 Å². The Morgan fingerprint density at radius 2 is 1.16 bits per heavy atom. The summed E-state index contributed by atoms with van der Waals surface area (Å²) in [5, 5.41) is 4.58. The molecule has 11 rings (SSSR count). The van der Waals surface area contributed by atoms with Crippen molar-refractivity contribution in [1.29, 1.82) is 0 Å². The Balaban J connectivity index is 1.07. The monoisotopic (exact) mass is 791 g/mol. The van der Waals surface area contributed by atoms with Gasteiger partial charge in [0.25, 0.3) is 0 Å². The molecule has 6 heteroatoms. The number of pyridine rings is 1. The zero-order chi connectivity index (χ0) is 41.2. The Bertz CT molecular complexity index is 3300. The van der Waals surface area contributed by atoms with Gasteiger partial charge in [-0.1, -0.05) is 124 Å². The number of ether oxygens (including phenoxy) is 1. The van der Waals surface area contributed by atoms with Crippen LogP contribution < -0.4 is 9.64 Å². The molecule has 0 atom stereocenters. The third-order valence-electron chi connectivity index (χ3n) is 12.1. The second-order valence-corrected chi connectivity index (χ2v) is 17.1. The fourth-order valence-electron chi connectivity index (χ4n) is 8.98. The van der Waals surface area contributed by atoms with Crippen molar-refractivity contribution in [3.05, 3.63) is 199 Å². The predicted molar refractivity (Wildman–Crippen MR) is 253 cm³/mol. The summed E-state index contributed by atoms with van der Waals surface area (Å²) in [5.74, 6) is 2.40. The van der Waals surface area contributed by atoms with E-state index in [1.54, 1.807) is 0 Å². The van der Waals surface area contributed by atoms with Gasteiger partial charge < -0.3 is 19.1 Å². The van der Waals surface area contributed by atoms with Crippen molar-refractivity contribution in [3.63, 3.8) is 0 Å². The van der Waals surface area contributed by atoms with Crippen LogP contribution in [0.25, 0.3) is 71.9 Å². The number of para-hydroxylation sites is 2. The molecule has 0 spiro atoms. The molecule has 7 aromatic carbocycles. The van der Waals surface area contributed by atoms with Crippen LogP contribution in [0, 0.1) is 0 Å². The van der Waals surface area contributed by atoms with Gasteiger partial charge in [0.15, 0.2) is 0 Å². The molecule has 6 nitrogen and oxygen atoms in total. The van der Waals surface area contributed by atoms with E-state index in [2.05, 4.69) is 229 Å². The second kappa shape index (κ2) is 14.3. The van der Waals surface area contributed by atoms with Crippen molar-refractivity contribution >= 4 is 55.0 Å². The third-order valence-corrected chi connectivity index (χ3v) is 12.1. The number of hydrogen-bond acceptors (Lipinski definition) is 4. The predicted octanol–water partition coefficient (Wildman–Crippen LogP) is 13.7. The van der Waals surface area contributed by atoms with E-state index in [-0.39, 0.29) is 5.41 Å². The Labute approximate surface area is 355 Å². The topological polar surface area (TPSA) is 38.5 Å². The highest BCUT2D eigenvalue weighted by Gasteiger charge is 2.24. The van der Waals surface area contributed by atoms with Crippen LogP contribution in [0.15, 0.2) is 188 Å². The van der Waals surface area contributed by atoms with Gasteiger partial charge in [0.05, 0.1) is 34.4 Å². The molecule has 0 amide bonds. The molecule has 3 aromatic heterocycles. The number of rotatable bonds is 7. The van der Waals surface area contributed by atoms with Crippen LogP contribution in [0.4, 0.5) is 5.69 Å². The minimum absolute atomic E-state index is 0.0922. The molecule has 1 aliphatic rings. The van der Waals surface area contributed by atoms with E-state index in [1.165, 1.54) is 33.3 Å². The SMILES string of the molecule is CN1CN(c2cc(Oc3ccc4c5cc(-c6ccccc6)ccc5n(-c5cc6c(cn5)c5ccccc5n6-c5ccccc5)c4c3)cc(C(C)(C)C)c2)C=C1c1ccccc1. The number of nitrogens with zero attached hydrogens (tertiary/aromatic N) is 5. The lowest BCUT2D eigenvalue weighted by Crippen LogP contribution is -2.23. The van der Waals surface area contributed by atoms with E-state index >= 15 is 0 Å². The maximum Gasteiger partial charge on any atom is 0.139 e. The Morgan fingerprint density at radius 1 is 0.492 bits per heavy atom. The molecule has 0 fully saturated rings. The summed E-state index contributed by atoms with van der Waals surface area (Å²) in [7, 11) is 2.15. The van der Waals surface area contributed by atoms with Gasteiger partial charge in [-0.3, -0.25) is 4.57 Å². The number of fused-ring (bicyclic) bond motifs is 6. The van der Waals surface area contributed by atoms with Gasteiger partial charge in [0.2, 0.25) is 0 Å². The molecule has 10 aromatic rings. The van der Waals surface area contributed by atoms with E-state index in [0.717, 1.165) is 73.6 Å². The van der Waals surface area contributed by atoms with Crippen molar-refractivity contribution < 1.29 is 4.74 Å². The van der Waals surface area contributed by atoms with E-state index in [4.69, 9.17) is 9.72 Å². The molecule has 0 unspecified atom stereocenters. The van der Waals surface area contributed by atoms with Crippen LogP contribution in [0.3, 0.4) is 0 Å². The lowest BCUT2D eigenvalue weighted by molar-refractivity contribution is 0.478. The van der Waals surface area contributed by atoms with Crippen LogP contribution in [-0.4, -0.2) is 32.7 Å². The average molecular weight is 792 g/mol. The minimum Gasteiger partial charge on any atom is -0.457 e. The fraction of sp³-hybridized carbons (Fsp3) is 0.109. The number of aromatic nitrogens is 3. The van der Waals surface area contributed by atoms with Gasteiger partial charge in [-0.2, -0.15) is 0 Å². The van der Waals surface area contributed by atoms with E-state index in [1.807, 2.05) is 6.20 Å². The maximum atomic E-state index is 6.93. The molecule has 0 saturated heterocycles. The summed E-state index contributed by atoms with van der Waals surface area (Å²) in [6.07, 6.45) is 4.28. The molecule has 61 heavy (non-hydrogen) atoms. The van der Waals surface area contributed by atoms with Gasteiger partial charge in [-0.05, 0) is 82.3 Å². The summed E-state index contributed by atoms with van der Waals surface area (Å²) in [4.78, 5) is 9.83. The first-order valence-corrected chi connectivity index (χ1v) is 20.9. The lowest BCUT2D eigenvalue weighted by Gasteiger charge is -2.25. The summed E-state index contributed by atoms with van der Waals surface area (Å²) in [6, 6.07) is 62.5. The molecule has 296 valence electrons. The summed E-state index contributed by atoms with van der Waals surface area (Å²) in [5.41, 5.74) is 12.4. The molecular weight excluding hydrogens is 747 g/mol. The van der Waals surface area contributed by atoms with E-state index < -0.39 is 0 Å². The first-order valence-electron chi connectivity index (χ1n) is 20.9. The van der Waals surface area contributed by atoms with E-state index in [0.29, 0.717) is 0 Å². The van der Waals surface area contributed by atoms with Gasteiger partial charge >= 0.3 is 0 Å². The van der Waals surface area contributed by atoms with E-state index in [9.17, 15) is 0 Å². The summed E-state index contributed by atoms with van der Waals surface area (Å²) < 4.78 is 11.6. The standard InChI is InChI=1S/C55H45N5O/c1-55(2,3)40-29-42(58-35-53(57(4)36-58)38-18-10-6-11-19-38)31-44(30-40)61-43-25-26-46-47-28-39(37-16-8-5-9-17-37)24-27-50(47)60(51(46)32-43)54-33-52-48(34-56-54)45-22-14-15-23-49(45)59(52)41-20-12-7-13-21-41/h5-35H,36H2,1-4H3. The summed E-state index contributed by atoms with van der Waals surface area (Å²) >= 11 is 0. The third kappa shape index (κ3) is 6.39. The zero-order valence-electron chi connectivity index (χ0n) is 34.7. The van der Waals surface area contributed by atoms with Crippen LogP contribution in [0.5, 0.6) is 11.5 Å². The zero-order valence-corrected chi connectivity index (χ0v) is 34.7. The largest absolute Gasteiger partial charge is 0.457 e. The molecular formula is C55H45N5O. The van der Waals surface area contributed by atoms with Crippen LogP contribution in [-0.2, 0) is 5.41 Å². The van der Waals surface area contributed by atoms with Crippen molar-refractivity contribution in [1.82, 2.24) is 19.0 Å². The highest BCUT2D eigenvalue weighted by molar-refractivity contribution is 6.12. The Hall–Kier alpha value is -7.57. The van der Waals surface area contributed by atoms with Gasteiger partial charge in [-0.25, -0.2) is 4.98 Å². The number of anilines is 1. The first kappa shape index (κ1) is 36.5. The van der Waals surface area contributed by atoms with Crippen molar-refractivity contribution in [2.75, 3.05) is 18.6 Å². The molecule has 1 aliphatic heterocycles. The highest BCUT2D eigenvalue weighted by atomic mass is 16.5. The Morgan fingerprint density at radius 3 is 1.93 bits per heavy atom. The quantitative estimate of drug-likeness (QED) is 0.161. The van der Waals surface area contributed by atoms with Crippen LogP contribution in [0.1, 0.15) is 31.9 Å². The van der Waals surface area contributed by atoms with Crippen LogP contribution >= 0.6 is 0 Å². The average Bonchev–Trinajstić information content (AvgIpc) is 3.95. The molecule has 0 N–H and O–H groups in total. The van der Waals surface area contributed by atoms with Gasteiger partial charge in [0.1, 0.15) is 17.3 Å². The second-order valence-electron chi connectivity index (χ2n) is 17.1. The summed E-state index contributed by atoms with van der Waals surface area (Å²) in [6.45, 7) is 7.51. The van der Waals surface area contributed by atoms with Crippen molar-refractivity contribution in [2.24, 2.45) is 0 Å². The molecule has 0 bridgehead atoms. The van der Waals surface area contributed by atoms with Crippen molar-refractivity contribution in [2.45, 2.75) is 26.2 Å². The Kier molecular flexibility index (Phi) is 8.57.